The molecule has 2 rings (SSSR count). The molecule has 0 spiro atoms. The maximum absolute atomic E-state index is 10.7. The van der Waals surface area contributed by atoms with Gasteiger partial charge in [0, 0.05) is 37.5 Å². The van der Waals surface area contributed by atoms with Gasteiger partial charge in [-0.05, 0) is 19.3 Å². The van der Waals surface area contributed by atoms with Gasteiger partial charge in [0.15, 0.2) is 0 Å². The zero-order valence-electron chi connectivity index (χ0n) is 11.2. The maximum Gasteiger partial charge on any atom is 0.404 e. The van der Waals surface area contributed by atoms with Crippen LogP contribution in [0.4, 0.5) is 4.79 Å². The summed E-state index contributed by atoms with van der Waals surface area (Å²) in [6.45, 7) is 1.45. The van der Waals surface area contributed by atoms with Crippen molar-refractivity contribution in [3.63, 3.8) is 0 Å². The first kappa shape index (κ1) is 13.9. The van der Waals surface area contributed by atoms with E-state index in [1.165, 1.54) is 5.69 Å². The van der Waals surface area contributed by atoms with Crippen molar-refractivity contribution >= 4 is 6.09 Å². The number of nitrogens with one attached hydrogen (secondary N) is 1. The van der Waals surface area contributed by atoms with E-state index in [0.717, 1.165) is 32.2 Å². The van der Waals surface area contributed by atoms with Gasteiger partial charge < -0.3 is 19.7 Å². The molecule has 0 radical (unpaired) electrons. The van der Waals surface area contributed by atoms with Crippen molar-refractivity contribution in [3.8, 4) is 0 Å². The van der Waals surface area contributed by atoms with Crippen LogP contribution in [0.3, 0.4) is 0 Å². The van der Waals surface area contributed by atoms with Crippen LogP contribution in [-0.2, 0) is 11.3 Å². The highest BCUT2D eigenvalue weighted by Gasteiger charge is 2.26. The van der Waals surface area contributed by atoms with Crippen LogP contribution >= 0.6 is 0 Å². The minimum absolute atomic E-state index is 0.0574. The van der Waals surface area contributed by atoms with Gasteiger partial charge in [-0.3, -0.25) is 0 Å². The van der Waals surface area contributed by atoms with Gasteiger partial charge in [-0.25, -0.2) is 9.78 Å². The summed E-state index contributed by atoms with van der Waals surface area (Å²) < 4.78 is 7.20. The van der Waals surface area contributed by atoms with E-state index in [2.05, 4.69) is 14.9 Å². The predicted octanol–water partition coefficient (Wildman–Crippen LogP) is 1.82. The molecule has 1 saturated carbocycles. The molecule has 6 nitrogen and oxygen atoms in total. The molecule has 1 heterocycles. The normalized spacial score (nSPS) is 23.2. The number of hydrogen-bond donors (Lipinski definition) is 2. The zero-order valence-corrected chi connectivity index (χ0v) is 11.2. The molecule has 2 atom stereocenters. The average Bonchev–Trinajstić information content (AvgIpc) is 2.84. The smallest absolute Gasteiger partial charge is 0.404 e. The number of imidazole rings is 1. The van der Waals surface area contributed by atoms with Gasteiger partial charge in [0.25, 0.3) is 0 Å². The first-order chi connectivity index (χ1) is 9.20. The first-order valence-corrected chi connectivity index (χ1v) is 6.69. The topological polar surface area (TPSA) is 76.4 Å². The quantitative estimate of drug-likeness (QED) is 0.853. The molecule has 0 aromatic carbocycles. The summed E-state index contributed by atoms with van der Waals surface area (Å²) in [4.78, 5) is 14.9. The van der Waals surface area contributed by atoms with Crippen molar-refractivity contribution in [3.05, 3.63) is 18.2 Å². The lowest BCUT2D eigenvalue weighted by Gasteiger charge is -2.29. The summed E-state index contributed by atoms with van der Waals surface area (Å²) in [7, 11) is 1.68. The third-order valence-electron chi connectivity index (χ3n) is 3.70. The molecule has 2 unspecified atom stereocenters. The fraction of sp³-hybridized carbons (Fsp3) is 0.692. The average molecular weight is 267 g/mol. The highest BCUT2D eigenvalue weighted by Crippen LogP contribution is 2.32. The molecule has 1 amide bonds. The molecule has 0 aliphatic heterocycles. The fourth-order valence-corrected chi connectivity index (χ4v) is 2.81. The first-order valence-electron chi connectivity index (χ1n) is 6.69. The highest BCUT2D eigenvalue weighted by atomic mass is 16.5. The molecule has 1 aliphatic rings. The third-order valence-corrected chi connectivity index (χ3v) is 3.70. The van der Waals surface area contributed by atoms with Gasteiger partial charge in [-0.15, -0.1) is 0 Å². The molecule has 2 N–H and O–H groups in total. The molecule has 0 saturated heterocycles. The molecule has 1 fully saturated rings. The molecule has 6 heteroatoms. The van der Waals surface area contributed by atoms with Gasteiger partial charge in [-0.1, -0.05) is 6.42 Å². The lowest BCUT2D eigenvalue weighted by atomic mass is 9.84. The SMILES string of the molecule is COCCn1cncc1C1CCCC(NC(=O)O)C1. The summed E-state index contributed by atoms with van der Waals surface area (Å²) in [5, 5.41) is 11.4. The number of methoxy groups -OCH3 is 1. The second-order valence-corrected chi connectivity index (χ2v) is 5.01. The van der Waals surface area contributed by atoms with E-state index in [4.69, 9.17) is 9.84 Å². The number of ether oxygens (including phenoxy) is 1. The number of rotatable bonds is 5. The monoisotopic (exact) mass is 267 g/mol. The van der Waals surface area contributed by atoms with Gasteiger partial charge in [0.1, 0.15) is 0 Å². The van der Waals surface area contributed by atoms with Crippen LogP contribution in [0.15, 0.2) is 12.5 Å². The second-order valence-electron chi connectivity index (χ2n) is 5.01. The Kier molecular flexibility index (Phi) is 4.79. The van der Waals surface area contributed by atoms with Gasteiger partial charge >= 0.3 is 6.09 Å². The Labute approximate surface area is 112 Å². The minimum atomic E-state index is -0.932. The van der Waals surface area contributed by atoms with Crippen molar-refractivity contribution in [1.29, 1.82) is 0 Å². The summed E-state index contributed by atoms with van der Waals surface area (Å²) in [6, 6.07) is 0.0574. The molecule has 1 aromatic rings. The minimum Gasteiger partial charge on any atom is -0.465 e. The maximum atomic E-state index is 10.7. The van der Waals surface area contributed by atoms with Crippen LogP contribution in [0, 0.1) is 0 Å². The van der Waals surface area contributed by atoms with Crippen LogP contribution in [-0.4, -0.2) is 40.5 Å². The summed E-state index contributed by atoms with van der Waals surface area (Å²) in [5.74, 6) is 0.380. The molecule has 19 heavy (non-hydrogen) atoms. The van der Waals surface area contributed by atoms with Gasteiger partial charge in [0.2, 0.25) is 0 Å². The summed E-state index contributed by atoms with van der Waals surface area (Å²) in [6.07, 6.45) is 6.70. The zero-order chi connectivity index (χ0) is 13.7. The second kappa shape index (κ2) is 6.56. The summed E-state index contributed by atoms with van der Waals surface area (Å²) in [5.41, 5.74) is 1.19. The van der Waals surface area contributed by atoms with E-state index in [1.807, 2.05) is 12.5 Å². The molecule has 106 valence electrons. The predicted molar refractivity (Wildman–Crippen MR) is 70.3 cm³/mol. The third kappa shape index (κ3) is 3.70. The fourth-order valence-electron chi connectivity index (χ4n) is 2.81. The lowest BCUT2D eigenvalue weighted by Crippen LogP contribution is -2.37. The van der Waals surface area contributed by atoms with Crippen molar-refractivity contribution < 1.29 is 14.6 Å². The van der Waals surface area contributed by atoms with E-state index < -0.39 is 6.09 Å². The van der Waals surface area contributed by atoms with Crippen LogP contribution < -0.4 is 5.32 Å². The largest absolute Gasteiger partial charge is 0.465 e. The van der Waals surface area contributed by atoms with Crippen molar-refractivity contribution in [2.24, 2.45) is 0 Å². The highest BCUT2D eigenvalue weighted by molar-refractivity contribution is 5.64. The molecule has 1 aliphatic carbocycles. The van der Waals surface area contributed by atoms with Crippen LogP contribution in [0.5, 0.6) is 0 Å². The molecular formula is C13H21N3O3. The van der Waals surface area contributed by atoms with Gasteiger partial charge in [-0.2, -0.15) is 0 Å². The molecule has 1 aromatic heterocycles. The number of aromatic nitrogens is 2. The van der Waals surface area contributed by atoms with E-state index in [9.17, 15) is 4.79 Å². The van der Waals surface area contributed by atoms with E-state index >= 15 is 0 Å². The number of carboxylic acid groups (broad SMARTS) is 1. The van der Waals surface area contributed by atoms with Crippen LogP contribution in [0.25, 0.3) is 0 Å². The number of amides is 1. The Morgan fingerprint density at radius 3 is 3.21 bits per heavy atom. The lowest BCUT2D eigenvalue weighted by molar-refractivity contribution is 0.181. The number of nitrogens with zero attached hydrogens (tertiary/aromatic N) is 2. The Morgan fingerprint density at radius 2 is 2.47 bits per heavy atom. The Morgan fingerprint density at radius 1 is 1.63 bits per heavy atom. The van der Waals surface area contributed by atoms with Crippen molar-refractivity contribution in [1.82, 2.24) is 14.9 Å². The van der Waals surface area contributed by atoms with Gasteiger partial charge in [0.05, 0.1) is 12.9 Å². The number of carbonyl (C=O) groups is 1. The molecule has 0 bridgehead atoms. The Balaban J connectivity index is 2.00. The van der Waals surface area contributed by atoms with Crippen molar-refractivity contribution in [2.45, 2.75) is 44.2 Å². The Bertz CT molecular complexity index is 419. The van der Waals surface area contributed by atoms with E-state index in [1.54, 1.807) is 7.11 Å². The number of hydrogen-bond acceptors (Lipinski definition) is 3. The van der Waals surface area contributed by atoms with Crippen molar-refractivity contribution in [2.75, 3.05) is 13.7 Å². The van der Waals surface area contributed by atoms with Crippen LogP contribution in [0.2, 0.25) is 0 Å². The standard InChI is InChI=1S/C13H21N3O3/c1-19-6-5-16-9-14-8-12(16)10-3-2-4-11(7-10)15-13(17)18/h8-11,15H,2-7H2,1H3,(H,17,18). The molecular weight excluding hydrogens is 246 g/mol. The van der Waals surface area contributed by atoms with Crippen LogP contribution in [0.1, 0.15) is 37.3 Å². The summed E-state index contributed by atoms with van der Waals surface area (Å²) >= 11 is 0. The Hall–Kier alpha value is -1.56. The van der Waals surface area contributed by atoms with E-state index in [-0.39, 0.29) is 6.04 Å². The van der Waals surface area contributed by atoms with E-state index in [0.29, 0.717) is 12.5 Å².